The maximum atomic E-state index is 11.4. The molecule has 1 aliphatic rings. The number of aryl methyl sites for hydroxylation is 1. The van der Waals surface area contributed by atoms with Crippen molar-refractivity contribution in [2.45, 2.75) is 24.0 Å². The fourth-order valence-electron chi connectivity index (χ4n) is 3.54. The van der Waals surface area contributed by atoms with Gasteiger partial charge in [0.2, 0.25) is 0 Å². The highest BCUT2D eigenvalue weighted by molar-refractivity contribution is 8.16. The molecular formula is C22H28O5S2. The summed E-state index contributed by atoms with van der Waals surface area (Å²) < 4.78 is 22.2. The number of aliphatic hydroxyl groups is 1. The summed E-state index contributed by atoms with van der Waals surface area (Å²) in [6.07, 6.45) is 0.373. The Labute approximate surface area is 181 Å². The lowest BCUT2D eigenvalue weighted by atomic mass is 9.95. The minimum atomic E-state index is -0.827. The molecule has 0 saturated carbocycles. The Balaban J connectivity index is 2.11. The van der Waals surface area contributed by atoms with Crippen LogP contribution in [0.3, 0.4) is 0 Å². The van der Waals surface area contributed by atoms with E-state index in [9.17, 15) is 5.11 Å². The van der Waals surface area contributed by atoms with Crippen LogP contribution >= 0.6 is 23.5 Å². The number of aliphatic hydroxyl groups excluding tert-OH is 1. The van der Waals surface area contributed by atoms with Gasteiger partial charge >= 0.3 is 0 Å². The number of rotatable bonds is 7. The molecule has 29 heavy (non-hydrogen) atoms. The Morgan fingerprint density at radius 1 is 0.862 bits per heavy atom. The van der Waals surface area contributed by atoms with E-state index in [0.717, 1.165) is 33.8 Å². The van der Waals surface area contributed by atoms with Gasteiger partial charge in [-0.3, -0.25) is 0 Å². The van der Waals surface area contributed by atoms with Crippen molar-refractivity contribution in [3.05, 3.63) is 46.5 Å². The Morgan fingerprint density at radius 3 is 2.07 bits per heavy atom. The van der Waals surface area contributed by atoms with E-state index in [0.29, 0.717) is 23.0 Å². The average Bonchev–Trinajstić information content (AvgIpc) is 2.77. The SMILES string of the molecule is COc1cc(C2SCCCS2)c(C(O)c2cc(C)c(OC)c(OC)c2)cc1OC. The molecule has 0 amide bonds. The first-order valence-corrected chi connectivity index (χ1v) is 11.5. The largest absolute Gasteiger partial charge is 0.493 e. The van der Waals surface area contributed by atoms with Gasteiger partial charge < -0.3 is 24.1 Å². The van der Waals surface area contributed by atoms with Gasteiger partial charge in [0.05, 0.1) is 33.0 Å². The zero-order valence-corrected chi connectivity index (χ0v) is 19.1. The maximum absolute atomic E-state index is 11.4. The molecule has 0 aliphatic carbocycles. The van der Waals surface area contributed by atoms with Gasteiger partial charge in [-0.15, -0.1) is 23.5 Å². The zero-order valence-electron chi connectivity index (χ0n) is 17.5. The van der Waals surface area contributed by atoms with E-state index in [4.69, 9.17) is 18.9 Å². The second-order valence-electron chi connectivity index (χ2n) is 6.74. The molecule has 1 N–H and O–H groups in total. The topological polar surface area (TPSA) is 57.2 Å². The lowest BCUT2D eigenvalue weighted by Gasteiger charge is -2.27. The van der Waals surface area contributed by atoms with Crippen molar-refractivity contribution in [2.75, 3.05) is 39.9 Å². The predicted molar refractivity (Wildman–Crippen MR) is 120 cm³/mol. The summed E-state index contributed by atoms with van der Waals surface area (Å²) in [5, 5.41) is 11.4. The van der Waals surface area contributed by atoms with Crippen LogP contribution in [-0.2, 0) is 0 Å². The highest BCUT2D eigenvalue weighted by Gasteiger charge is 2.27. The third-order valence-electron chi connectivity index (χ3n) is 4.97. The van der Waals surface area contributed by atoms with E-state index in [-0.39, 0.29) is 4.58 Å². The molecule has 158 valence electrons. The molecule has 2 aromatic rings. The van der Waals surface area contributed by atoms with Gasteiger partial charge in [-0.05, 0) is 71.4 Å². The van der Waals surface area contributed by atoms with Crippen molar-refractivity contribution in [1.82, 2.24) is 0 Å². The van der Waals surface area contributed by atoms with E-state index in [1.165, 1.54) is 6.42 Å². The van der Waals surface area contributed by atoms with Crippen LogP contribution in [0, 0.1) is 6.92 Å². The second-order valence-corrected chi connectivity index (χ2v) is 9.46. The molecule has 0 aromatic heterocycles. The van der Waals surface area contributed by atoms with Crippen LogP contribution in [0.5, 0.6) is 23.0 Å². The number of methoxy groups -OCH3 is 4. The van der Waals surface area contributed by atoms with Gasteiger partial charge in [-0.2, -0.15) is 0 Å². The third kappa shape index (κ3) is 4.57. The summed E-state index contributed by atoms with van der Waals surface area (Å²) in [4.78, 5) is 0. The lowest BCUT2D eigenvalue weighted by Crippen LogP contribution is -2.10. The molecule has 1 atom stereocenters. The van der Waals surface area contributed by atoms with Crippen molar-refractivity contribution in [3.8, 4) is 23.0 Å². The summed E-state index contributed by atoms with van der Waals surface area (Å²) in [6, 6.07) is 7.66. The Kier molecular flexibility index (Phi) is 7.49. The lowest BCUT2D eigenvalue weighted by molar-refractivity contribution is 0.217. The molecule has 0 radical (unpaired) electrons. The van der Waals surface area contributed by atoms with Crippen molar-refractivity contribution < 1.29 is 24.1 Å². The minimum Gasteiger partial charge on any atom is -0.493 e. The third-order valence-corrected chi connectivity index (χ3v) is 7.95. The summed E-state index contributed by atoms with van der Waals surface area (Å²) in [7, 11) is 6.46. The summed E-state index contributed by atoms with van der Waals surface area (Å²) in [5.74, 6) is 4.77. The van der Waals surface area contributed by atoms with Crippen molar-refractivity contribution in [3.63, 3.8) is 0 Å². The standard InChI is InChI=1S/C22H28O5S2/c1-13-9-14(10-19(26-4)21(13)27-5)20(23)15-11-17(24-2)18(25-3)12-16(15)22-28-7-6-8-29-22/h9-12,20,22-23H,6-8H2,1-5H3. The molecule has 0 bridgehead atoms. The quantitative estimate of drug-likeness (QED) is 0.657. The van der Waals surface area contributed by atoms with E-state index in [2.05, 4.69) is 0 Å². The fourth-order valence-corrected chi connectivity index (χ4v) is 6.50. The smallest absolute Gasteiger partial charge is 0.163 e. The molecule has 0 spiro atoms. The number of hydrogen-bond acceptors (Lipinski definition) is 7. The van der Waals surface area contributed by atoms with Crippen LogP contribution in [0.4, 0.5) is 0 Å². The molecule has 1 fully saturated rings. The van der Waals surface area contributed by atoms with Gasteiger partial charge in [0.1, 0.15) is 6.10 Å². The number of hydrogen-bond donors (Lipinski definition) is 1. The molecule has 1 aliphatic heterocycles. The average molecular weight is 437 g/mol. The van der Waals surface area contributed by atoms with Crippen LogP contribution in [-0.4, -0.2) is 45.1 Å². The zero-order chi connectivity index (χ0) is 21.0. The Morgan fingerprint density at radius 2 is 1.48 bits per heavy atom. The van der Waals surface area contributed by atoms with Gasteiger partial charge in [0, 0.05) is 0 Å². The van der Waals surface area contributed by atoms with E-state index in [1.807, 2.05) is 54.7 Å². The predicted octanol–water partition coefficient (Wildman–Crippen LogP) is 4.98. The van der Waals surface area contributed by atoms with Crippen molar-refractivity contribution >= 4 is 23.5 Å². The monoisotopic (exact) mass is 436 g/mol. The molecule has 1 heterocycles. The fraction of sp³-hybridized carbons (Fsp3) is 0.455. The summed E-state index contributed by atoms with van der Waals surface area (Å²) in [6.45, 7) is 1.94. The molecule has 1 unspecified atom stereocenters. The van der Waals surface area contributed by atoms with E-state index >= 15 is 0 Å². The van der Waals surface area contributed by atoms with E-state index < -0.39 is 6.10 Å². The molecule has 5 nitrogen and oxygen atoms in total. The van der Waals surface area contributed by atoms with Gasteiger partial charge in [0.15, 0.2) is 23.0 Å². The van der Waals surface area contributed by atoms with Crippen LogP contribution < -0.4 is 18.9 Å². The normalized spacial score (nSPS) is 15.7. The molecular weight excluding hydrogens is 408 g/mol. The van der Waals surface area contributed by atoms with Crippen LogP contribution in [0.15, 0.2) is 24.3 Å². The Bertz CT molecular complexity index is 850. The number of ether oxygens (including phenoxy) is 4. The van der Waals surface area contributed by atoms with Crippen LogP contribution in [0.25, 0.3) is 0 Å². The molecule has 7 heteroatoms. The first-order chi connectivity index (χ1) is 14.0. The number of thioether (sulfide) groups is 2. The highest BCUT2D eigenvalue weighted by Crippen LogP contribution is 2.49. The Hall–Kier alpha value is -1.70. The first kappa shape index (κ1) is 22.0. The van der Waals surface area contributed by atoms with Gasteiger partial charge in [-0.1, -0.05) is 0 Å². The van der Waals surface area contributed by atoms with Gasteiger partial charge in [-0.25, -0.2) is 0 Å². The van der Waals surface area contributed by atoms with Crippen LogP contribution in [0.1, 0.15) is 39.4 Å². The maximum Gasteiger partial charge on any atom is 0.163 e. The first-order valence-electron chi connectivity index (χ1n) is 9.43. The molecule has 3 rings (SSSR count). The molecule has 1 saturated heterocycles. The van der Waals surface area contributed by atoms with Gasteiger partial charge in [0.25, 0.3) is 0 Å². The number of benzene rings is 2. The van der Waals surface area contributed by atoms with Crippen LogP contribution in [0.2, 0.25) is 0 Å². The van der Waals surface area contributed by atoms with Crippen molar-refractivity contribution in [2.24, 2.45) is 0 Å². The summed E-state index contributed by atoms with van der Waals surface area (Å²) >= 11 is 3.81. The highest BCUT2D eigenvalue weighted by atomic mass is 32.2. The van der Waals surface area contributed by atoms with Crippen molar-refractivity contribution in [1.29, 1.82) is 0 Å². The molecule has 2 aromatic carbocycles. The summed E-state index contributed by atoms with van der Waals surface area (Å²) in [5.41, 5.74) is 3.54. The van der Waals surface area contributed by atoms with E-state index in [1.54, 1.807) is 28.4 Å². The second kappa shape index (κ2) is 9.87. The minimum absolute atomic E-state index is 0.245.